The van der Waals surface area contributed by atoms with Crippen LogP contribution < -0.4 is 10.6 Å². The van der Waals surface area contributed by atoms with E-state index in [-0.39, 0.29) is 17.7 Å². The van der Waals surface area contributed by atoms with E-state index in [0.717, 1.165) is 21.7 Å². The van der Waals surface area contributed by atoms with Crippen molar-refractivity contribution in [3.05, 3.63) is 94.2 Å². The second kappa shape index (κ2) is 10.9. The van der Waals surface area contributed by atoms with Crippen molar-refractivity contribution in [2.45, 2.75) is 18.1 Å². The van der Waals surface area contributed by atoms with Crippen LogP contribution in [0.2, 0.25) is 5.02 Å². The Morgan fingerprint density at radius 3 is 2.45 bits per heavy atom. The van der Waals surface area contributed by atoms with Crippen LogP contribution in [0.1, 0.15) is 18.8 Å². The van der Waals surface area contributed by atoms with Crippen LogP contribution in [0.15, 0.2) is 88.5 Å². The number of benzene rings is 3. The molecule has 1 atom stereocenters. The molecule has 0 spiro atoms. The van der Waals surface area contributed by atoms with Crippen LogP contribution in [-0.2, 0) is 4.79 Å². The third-order valence-corrected chi connectivity index (χ3v) is 6.55. The molecule has 0 aliphatic carbocycles. The van der Waals surface area contributed by atoms with E-state index in [4.69, 9.17) is 11.6 Å². The summed E-state index contributed by atoms with van der Waals surface area (Å²) in [7, 11) is 0. The molecule has 0 aliphatic heterocycles. The highest BCUT2D eigenvalue weighted by molar-refractivity contribution is 9.10. The maximum atomic E-state index is 12.5. The molecule has 0 saturated carbocycles. The SMILES string of the molecule is CC(Nc1ccc(Br)cc1)c1nnc(SCC(=O)Nc2ccccc2Cl)n1-c1ccccc1. The van der Waals surface area contributed by atoms with Gasteiger partial charge in [0.25, 0.3) is 0 Å². The number of nitrogens with one attached hydrogen (secondary N) is 2. The fraction of sp³-hybridized carbons (Fsp3) is 0.125. The first-order valence-electron chi connectivity index (χ1n) is 10.2. The molecule has 0 bridgehead atoms. The number of amides is 1. The van der Waals surface area contributed by atoms with Gasteiger partial charge in [0, 0.05) is 15.8 Å². The normalized spacial score (nSPS) is 11.7. The summed E-state index contributed by atoms with van der Waals surface area (Å²) in [5.74, 6) is 0.751. The molecule has 0 radical (unpaired) electrons. The molecule has 9 heteroatoms. The van der Waals surface area contributed by atoms with Crippen molar-refractivity contribution in [3.8, 4) is 5.69 Å². The Morgan fingerprint density at radius 1 is 1.03 bits per heavy atom. The number of anilines is 2. The topological polar surface area (TPSA) is 71.8 Å². The Labute approximate surface area is 209 Å². The second-order valence-electron chi connectivity index (χ2n) is 7.20. The molecule has 3 aromatic carbocycles. The van der Waals surface area contributed by atoms with Crippen LogP contribution in [-0.4, -0.2) is 26.4 Å². The summed E-state index contributed by atoms with van der Waals surface area (Å²) >= 11 is 10.9. The number of nitrogens with zero attached hydrogens (tertiary/aromatic N) is 3. The monoisotopic (exact) mass is 541 g/mol. The van der Waals surface area contributed by atoms with Gasteiger partial charge in [-0.2, -0.15) is 0 Å². The molecule has 6 nitrogen and oxygen atoms in total. The van der Waals surface area contributed by atoms with E-state index < -0.39 is 0 Å². The van der Waals surface area contributed by atoms with Crippen LogP contribution in [0.3, 0.4) is 0 Å². The minimum atomic E-state index is -0.168. The summed E-state index contributed by atoms with van der Waals surface area (Å²) in [5.41, 5.74) is 2.49. The maximum Gasteiger partial charge on any atom is 0.234 e. The minimum Gasteiger partial charge on any atom is -0.375 e. The van der Waals surface area contributed by atoms with E-state index in [1.165, 1.54) is 11.8 Å². The van der Waals surface area contributed by atoms with Crippen molar-refractivity contribution >= 4 is 56.6 Å². The predicted octanol–water partition coefficient (Wildman–Crippen LogP) is 6.59. The summed E-state index contributed by atoms with van der Waals surface area (Å²) in [6.45, 7) is 2.03. The van der Waals surface area contributed by atoms with Gasteiger partial charge in [0.1, 0.15) is 0 Å². The average Bonchev–Trinajstić information content (AvgIpc) is 3.25. The number of carbonyl (C=O) groups is 1. The van der Waals surface area contributed by atoms with E-state index >= 15 is 0 Å². The number of rotatable bonds is 8. The molecule has 168 valence electrons. The van der Waals surface area contributed by atoms with Crippen LogP contribution in [0.4, 0.5) is 11.4 Å². The van der Waals surface area contributed by atoms with Crippen molar-refractivity contribution in [2.24, 2.45) is 0 Å². The molecule has 1 unspecified atom stereocenters. The Bertz CT molecular complexity index is 1230. The molecule has 33 heavy (non-hydrogen) atoms. The summed E-state index contributed by atoms with van der Waals surface area (Å²) in [5, 5.41) is 16.3. The van der Waals surface area contributed by atoms with E-state index in [1.807, 2.05) is 78.2 Å². The highest BCUT2D eigenvalue weighted by Crippen LogP contribution is 2.28. The van der Waals surface area contributed by atoms with Crippen molar-refractivity contribution in [2.75, 3.05) is 16.4 Å². The van der Waals surface area contributed by atoms with E-state index in [9.17, 15) is 4.79 Å². The zero-order valence-corrected chi connectivity index (χ0v) is 20.9. The third-order valence-electron chi connectivity index (χ3n) is 4.77. The number of hydrogen-bond donors (Lipinski definition) is 2. The molecule has 4 rings (SSSR count). The van der Waals surface area contributed by atoms with E-state index in [1.54, 1.807) is 12.1 Å². The highest BCUT2D eigenvalue weighted by atomic mass is 79.9. The standard InChI is InChI=1S/C24H21BrClN5OS/c1-16(27-18-13-11-17(25)12-14-18)23-29-30-24(31(23)19-7-3-2-4-8-19)33-15-22(32)28-21-10-6-5-9-20(21)26/h2-14,16,27H,15H2,1H3,(H,28,32). The van der Waals surface area contributed by atoms with Gasteiger partial charge in [-0.05, 0) is 55.5 Å². The number of thioether (sulfide) groups is 1. The molecule has 2 N–H and O–H groups in total. The van der Waals surface area contributed by atoms with Gasteiger partial charge in [-0.1, -0.05) is 69.6 Å². The Kier molecular flexibility index (Phi) is 7.69. The molecular formula is C24H21BrClN5OS. The number of para-hydroxylation sites is 2. The Morgan fingerprint density at radius 2 is 1.73 bits per heavy atom. The quantitative estimate of drug-likeness (QED) is 0.246. The van der Waals surface area contributed by atoms with Crippen molar-refractivity contribution in [1.29, 1.82) is 0 Å². The Hall–Kier alpha value is -2.81. The molecule has 0 aliphatic rings. The van der Waals surface area contributed by atoms with Gasteiger partial charge < -0.3 is 10.6 Å². The molecule has 1 aromatic heterocycles. The van der Waals surface area contributed by atoms with Crippen LogP contribution >= 0.6 is 39.3 Å². The van der Waals surface area contributed by atoms with Crippen LogP contribution in [0.25, 0.3) is 5.69 Å². The summed E-state index contributed by atoms with van der Waals surface area (Å²) in [6, 6.07) is 24.9. The van der Waals surface area contributed by atoms with Gasteiger partial charge in [-0.3, -0.25) is 9.36 Å². The van der Waals surface area contributed by atoms with E-state index in [2.05, 4.69) is 36.8 Å². The van der Waals surface area contributed by atoms with Gasteiger partial charge in [-0.25, -0.2) is 0 Å². The lowest BCUT2D eigenvalue weighted by Crippen LogP contribution is -2.16. The van der Waals surface area contributed by atoms with Crippen LogP contribution in [0.5, 0.6) is 0 Å². The molecule has 0 saturated heterocycles. The number of halogens is 2. The summed E-state index contributed by atoms with van der Waals surface area (Å²) in [4.78, 5) is 12.5. The third kappa shape index (κ3) is 5.96. The number of hydrogen-bond acceptors (Lipinski definition) is 5. The zero-order valence-electron chi connectivity index (χ0n) is 17.7. The van der Waals surface area contributed by atoms with Crippen molar-refractivity contribution in [3.63, 3.8) is 0 Å². The molecular weight excluding hydrogens is 522 g/mol. The van der Waals surface area contributed by atoms with Crippen molar-refractivity contribution in [1.82, 2.24) is 14.8 Å². The Balaban J connectivity index is 1.54. The first kappa shape index (κ1) is 23.4. The average molecular weight is 543 g/mol. The van der Waals surface area contributed by atoms with Gasteiger partial charge in [0.05, 0.1) is 22.5 Å². The van der Waals surface area contributed by atoms with Gasteiger partial charge in [0.15, 0.2) is 11.0 Å². The largest absolute Gasteiger partial charge is 0.375 e. The number of aromatic nitrogens is 3. The zero-order chi connectivity index (χ0) is 23.2. The van der Waals surface area contributed by atoms with Gasteiger partial charge in [0.2, 0.25) is 5.91 Å². The second-order valence-corrected chi connectivity index (χ2v) is 9.47. The molecule has 1 amide bonds. The van der Waals surface area contributed by atoms with Crippen LogP contribution in [0, 0.1) is 0 Å². The van der Waals surface area contributed by atoms with Crippen molar-refractivity contribution < 1.29 is 4.79 Å². The minimum absolute atomic E-state index is 0.120. The fourth-order valence-electron chi connectivity index (χ4n) is 3.21. The maximum absolute atomic E-state index is 12.5. The molecule has 0 fully saturated rings. The first-order chi connectivity index (χ1) is 16.0. The molecule has 1 heterocycles. The lowest BCUT2D eigenvalue weighted by molar-refractivity contribution is -0.113. The first-order valence-corrected chi connectivity index (χ1v) is 12.4. The van der Waals surface area contributed by atoms with Gasteiger partial charge in [-0.15, -0.1) is 10.2 Å². The predicted molar refractivity (Wildman–Crippen MR) is 138 cm³/mol. The lowest BCUT2D eigenvalue weighted by atomic mass is 10.2. The fourth-order valence-corrected chi connectivity index (χ4v) is 4.42. The smallest absolute Gasteiger partial charge is 0.234 e. The summed E-state index contributed by atoms with van der Waals surface area (Å²) < 4.78 is 2.99. The number of carbonyl (C=O) groups excluding carboxylic acids is 1. The lowest BCUT2D eigenvalue weighted by Gasteiger charge is -2.17. The van der Waals surface area contributed by atoms with E-state index in [0.29, 0.717) is 15.9 Å². The van der Waals surface area contributed by atoms with Gasteiger partial charge >= 0.3 is 0 Å². The summed E-state index contributed by atoms with van der Waals surface area (Å²) in [6.07, 6.45) is 0. The molecule has 4 aromatic rings. The highest BCUT2D eigenvalue weighted by Gasteiger charge is 2.20.